The number of hydrogen-bond acceptors (Lipinski definition) is 1. The number of hydrogen-bond donors (Lipinski definition) is 0. The molecule has 0 fully saturated rings. The molecule has 9 aromatic carbocycles. The molecule has 0 bridgehead atoms. The maximum Gasteiger partial charge on any atom is 0.135 e. The van der Waals surface area contributed by atoms with Gasteiger partial charge in [0.05, 0.1) is 5.41 Å². The Hall–Kier alpha value is -6.70. The zero-order valence-corrected chi connectivity index (χ0v) is 29.1. The Bertz CT molecular complexity index is 2980. The van der Waals surface area contributed by atoms with E-state index in [-0.39, 0.29) is 0 Å². The van der Waals surface area contributed by atoms with Gasteiger partial charge in [-0.05, 0) is 108 Å². The van der Waals surface area contributed by atoms with Gasteiger partial charge in [-0.1, -0.05) is 170 Å². The molecular formula is C52H34O. The lowest BCUT2D eigenvalue weighted by atomic mass is 9.67. The smallest absolute Gasteiger partial charge is 0.135 e. The van der Waals surface area contributed by atoms with E-state index in [1.54, 1.807) is 0 Å². The van der Waals surface area contributed by atoms with Crippen LogP contribution in [-0.4, -0.2) is 0 Å². The quantitative estimate of drug-likeness (QED) is 0.177. The molecule has 0 atom stereocenters. The maximum absolute atomic E-state index is 6.31. The monoisotopic (exact) mass is 674 g/mol. The highest BCUT2D eigenvalue weighted by atomic mass is 16.3. The molecule has 0 unspecified atom stereocenters. The van der Waals surface area contributed by atoms with Crippen molar-refractivity contribution in [2.45, 2.75) is 11.8 Å². The molecule has 10 aromatic rings. The van der Waals surface area contributed by atoms with Gasteiger partial charge in [0.15, 0.2) is 0 Å². The number of fused-ring (bicyclic) bond motifs is 9. The standard InChI is InChI=1S/C52H34O/c1-3-17-39(18-4-1)52(40-19-5-2-6-20-40)46-31-34(30-38-16-13-25-49-50(38)44-23-11-12-24-48(44)53-49)26-29-43(46)51-42-22-10-9-21-41(42)45(33-47(51)52)37-28-27-35-14-7-8-15-36(35)32-37/h1-29,31-33H,30H2. The van der Waals surface area contributed by atoms with Gasteiger partial charge in [-0.15, -0.1) is 0 Å². The molecule has 53 heavy (non-hydrogen) atoms. The van der Waals surface area contributed by atoms with Crippen LogP contribution in [-0.2, 0) is 11.8 Å². The molecule has 0 amide bonds. The number of rotatable bonds is 5. The molecule has 0 radical (unpaired) electrons. The molecule has 1 nitrogen and oxygen atoms in total. The summed E-state index contributed by atoms with van der Waals surface area (Å²) >= 11 is 0. The summed E-state index contributed by atoms with van der Waals surface area (Å²) in [5.41, 5.74) is 14.2. The van der Waals surface area contributed by atoms with Crippen LogP contribution in [0.2, 0.25) is 0 Å². The summed E-state index contributed by atoms with van der Waals surface area (Å²) in [6.07, 6.45) is 0.799. The predicted octanol–water partition coefficient (Wildman–Crippen LogP) is 13.5. The third-order valence-corrected chi connectivity index (χ3v) is 11.6. The molecule has 1 heterocycles. The van der Waals surface area contributed by atoms with Gasteiger partial charge >= 0.3 is 0 Å². The second-order valence-corrected chi connectivity index (χ2v) is 14.4. The summed E-state index contributed by atoms with van der Waals surface area (Å²) in [7, 11) is 0. The minimum atomic E-state index is -0.535. The van der Waals surface area contributed by atoms with Crippen molar-refractivity contribution < 1.29 is 4.42 Å². The normalized spacial score (nSPS) is 13.1. The van der Waals surface area contributed by atoms with E-state index in [4.69, 9.17) is 4.42 Å². The Balaban J connectivity index is 1.21. The molecule has 0 saturated carbocycles. The molecule has 0 saturated heterocycles. The Morgan fingerprint density at radius 3 is 1.87 bits per heavy atom. The minimum Gasteiger partial charge on any atom is -0.456 e. The third kappa shape index (κ3) is 4.44. The van der Waals surface area contributed by atoms with E-state index in [0.717, 1.165) is 17.6 Å². The molecule has 0 spiro atoms. The van der Waals surface area contributed by atoms with Crippen molar-refractivity contribution in [3.8, 4) is 22.3 Å². The van der Waals surface area contributed by atoms with Crippen LogP contribution in [0.25, 0.3) is 65.7 Å². The van der Waals surface area contributed by atoms with E-state index >= 15 is 0 Å². The summed E-state index contributed by atoms with van der Waals surface area (Å²) in [6.45, 7) is 0. The summed E-state index contributed by atoms with van der Waals surface area (Å²) < 4.78 is 6.31. The van der Waals surface area contributed by atoms with Crippen LogP contribution in [0, 0.1) is 0 Å². The molecule has 0 aliphatic heterocycles. The highest BCUT2D eigenvalue weighted by Gasteiger charge is 2.47. The van der Waals surface area contributed by atoms with E-state index < -0.39 is 5.41 Å². The van der Waals surface area contributed by atoms with Crippen molar-refractivity contribution >= 4 is 43.5 Å². The van der Waals surface area contributed by atoms with E-state index in [0.29, 0.717) is 0 Å². The molecule has 1 aliphatic rings. The molecule has 1 heteroatoms. The Morgan fingerprint density at radius 1 is 0.415 bits per heavy atom. The summed E-state index contributed by atoms with van der Waals surface area (Å²) in [4.78, 5) is 0. The van der Waals surface area contributed by atoms with E-state index in [1.807, 2.05) is 6.07 Å². The number of benzene rings is 9. The highest BCUT2D eigenvalue weighted by molar-refractivity contribution is 6.11. The fraction of sp³-hybridized carbons (Fsp3) is 0.0385. The van der Waals surface area contributed by atoms with Gasteiger partial charge < -0.3 is 4.42 Å². The van der Waals surface area contributed by atoms with E-state index in [2.05, 4.69) is 188 Å². The zero-order chi connectivity index (χ0) is 34.9. The molecule has 1 aromatic heterocycles. The average molecular weight is 675 g/mol. The van der Waals surface area contributed by atoms with E-state index in [9.17, 15) is 0 Å². The molecular weight excluding hydrogens is 641 g/mol. The zero-order valence-electron chi connectivity index (χ0n) is 29.1. The van der Waals surface area contributed by atoms with Crippen LogP contribution < -0.4 is 0 Å². The lowest BCUT2D eigenvalue weighted by Gasteiger charge is -2.34. The topological polar surface area (TPSA) is 13.1 Å². The third-order valence-electron chi connectivity index (χ3n) is 11.6. The predicted molar refractivity (Wildman–Crippen MR) is 221 cm³/mol. The van der Waals surface area contributed by atoms with Crippen LogP contribution >= 0.6 is 0 Å². The van der Waals surface area contributed by atoms with E-state index in [1.165, 1.54) is 88.0 Å². The van der Waals surface area contributed by atoms with Gasteiger partial charge in [0, 0.05) is 10.8 Å². The fourth-order valence-electron chi connectivity index (χ4n) is 9.31. The van der Waals surface area contributed by atoms with Gasteiger partial charge in [-0.25, -0.2) is 0 Å². The summed E-state index contributed by atoms with van der Waals surface area (Å²) in [5.74, 6) is 0. The van der Waals surface area contributed by atoms with Crippen LogP contribution in [0.1, 0.15) is 33.4 Å². The lowest BCUT2D eigenvalue weighted by molar-refractivity contribution is 0.668. The van der Waals surface area contributed by atoms with Crippen molar-refractivity contribution in [1.82, 2.24) is 0 Å². The SMILES string of the molecule is c1ccc(C2(c3ccccc3)c3cc(Cc4cccc5oc6ccccc6c45)ccc3-c3c2cc(-c2ccc4ccccc4c2)c2ccccc32)cc1. The van der Waals surface area contributed by atoms with Crippen molar-refractivity contribution in [3.63, 3.8) is 0 Å². The van der Waals surface area contributed by atoms with Gasteiger partial charge in [0.1, 0.15) is 11.2 Å². The Morgan fingerprint density at radius 2 is 1.08 bits per heavy atom. The first-order valence-corrected chi connectivity index (χ1v) is 18.5. The first-order valence-electron chi connectivity index (χ1n) is 18.5. The van der Waals surface area contributed by atoms with Crippen molar-refractivity contribution in [2.24, 2.45) is 0 Å². The summed E-state index contributed by atoms with van der Waals surface area (Å²) in [6, 6.07) is 71.5. The number of furan rings is 1. The van der Waals surface area contributed by atoms with Gasteiger partial charge in [-0.2, -0.15) is 0 Å². The van der Waals surface area contributed by atoms with Gasteiger partial charge in [-0.3, -0.25) is 0 Å². The molecule has 0 N–H and O–H groups in total. The second kappa shape index (κ2) is 11.7. The number of para-hydroxylation sites is 1. The second-order valence-electron chi connectivity index (χ2n) is 14.4. The first kappa shape index (κ1) is 30.0. The Labute approximate surface area is 308 Å². The maximum atomic E-state index is 6.31. The largest absolute Gasteiger partial charge is 0.456 e. The minimum absolute atomic E-state index is 0.535. The van der Waals surface area contributed by atoms with Crippen LogP contribution in [0.5, 0.6) is 0 Å². The van der Waals surface area contributed by atoms with Crippen LogP contribution in [0.15, 0.2) is 199 Å². The Kier molecular flexibility index (Phi) is 6.60. The highest BCUT2D eigenvalue weighted by Crippen LogP contribution is 2.59. The van der Waals surface area contributed by atoms with Crippen molar-refractivity contribution in [3.05, 3.63) is 228 Å². The van der Waals surface area contributed by atoms with Crippen molar-refractivity contribution in [2.75, 3.05) is 0 Å². The molecule has 1 aliphatic carbocycles. The lowest BCUT2D eigenvalue weighted by Crippen LogP contribution is -2.28. The average Bonchev–Trinajstić information content (AvgIpc) is 3.75. The molecule has 11 rings (SSSR count). The summed E-state index contributed by atoms with van der Waals surface area (Å²) in [5, 5.41) is 7.43. The first-order chi connectivity index (χ1) is 26.3. The fourth-order valence-corrected chi connectivity index (χ4v) is 9.31. The van der Waals surface area contributed by atoms with Gasteiger partial charge in [0.2, 0.25) is 0 Å². The van der Waals surface area contributed by atoms with Crippen molar-refractivity contribution in [1.29, 1.82) is 0 Å². The van der Waals surface area contributed by atoms with Crippen LogP contribution in [0.4, 0.5) is 0 Å². The molecule has 248 valence electrons. The van der Waals surface area contributed by atoms with Gasteiger partial charge in [0.25, 0.3) is 0 Å². The van der Waals surface area contributed by atoms with Crippen LogP contribution in [0.3, 0.4) is 0 Å².